The smallest absolute Gasteiger partial charge is 0.0484 e. The van der Waals surface area contributed by atoms with Crippen LogP contribution in [0.3, 0.4) is 0 Å². The van der Waals surface area contributed by atoms with E-state index in [-0.39, 0.29) is 5.41 Å². The van der Waals surface area contributed by atoms with Gasteiger partial charge < -0.3 is 5.32 Å². The van der Waals surface area contributed by atoms with Crippen molar-refractivity contribution in [3.8, 4) is 0 Å². The molecule has 2 nitrogen and oxygen atoms in total. The van der Waals surface area contributed by atoms with Gasteiger partial charge in [-0.1, -0.05) is 20.8 Å². The molecule has 1 aliphatic carbocycles. The van der Waals surface area contributed by atoms with E-state index in [1.165, 1.54) is 37.1 Å². The number of rotatable bonds is 4. The zero-order valence-corrected chi connectivity index (χ0v) is 14.8. The zero-order chi connectivity index (χ0) is 15.0. The number of piperidine rings is 1. The van der Waals surface area contributed by atoms with Crippen molar-refractivity contribution in [2.45, 2.75) is 64.0 Å². The topological polar surface area (TPSA) is 15.3 Å². The van der Waals surface area contributed by atoms with E-state index in [9.17, 15) is 0 Å². The number of nitrogens with one attached hydrogen (secondary N) is 1. The van der Waals surface area contributed by atoms with Crippen LogP contribution in [0, 0.1) is 5.92 Å². The molecule has 0 spiro atoms. The summed E-state index contributed by atoms with van der Waals surface area (Å²) >= 11 is 2.06. The van der Waals surface area contributed by atoms with Crippen LogP contribution in [0.15, 0.2) is 12.1 Å². The minimum Gasteiger partial charge on any atom is -0.319 e. The SMILES string of the molecule is CNCC1CCCN(C2CC2)C1c1ccc(C(C)(C)C)s1. The van der Waals surface area contributed by atoms with E-state index in [0.717, 1.165) is 18.5 Å². The van der Waals surface area contributed by atoms with Crippen LogP contribution in [-0.4, -0.2) is 31.1 Å². The average molecular weight is 307 g/mol. The predicted molar refractivity (Wildman–Crippen MR) is 92.1 cm³/mol. The van der Waals surface area contributed by atoms with Crippen LogP contribution in [0.25, 0.3) is 0 Å². The molecule has 1 saturated carbocycles. The predicted octanol–water partition coefficient (Wildman–Crippen LogP) is 4.18. The fourth-order valence-corrected chi connectivity index (χ4v) is 4.99. The van der Waals surface area contributed by atoms with Gasteiger partial charge in [-0.25, -0.2) is 0 Å². The fourth-order valence-electron chi connectivity index (χ4n) is 3.71. The van der Waals surface area contributed by atoms with Crippen LogP contribution in [0.2, 0.25) is 0 Å². The second-order valence-electron chi connectivity index (χ2n) is 7.83. The Morgan fingerprint density at radius 1 is 1.24 bits per heavy atom. The normalized spacial score (nSPS) is 28.0. The number of nitrogens with zero attached hydrogens (tertiary/aromatic N) is 1. The Morgan fingerprint density at radius 3 is 2.57 bits per heavy atom. The molecule has 1 saturated heterocycles. The highest BCUT2D eigenvalue weighted by Crippen LogP contribution is 2.45. The Labute approximate surface area is 133 Å². The highest BCUT2D eigenvalue weighted by atomic mass is 32.1. The number of hydrogen-bond donors (Lipinski definition) is 1. The van der Waals surface area contributed by atoms with E-state index in [4.69, 9.17) is 0 Å². The van der Waals surface area contributed by atoms with Crippen molar-refractivity contribution >= 4 is 11.3 Å². The van der Waals surface area contributed by atoms with Gasteiger partial charge in [0.2, 0.25) is 0 Å². The summed E-state index contributed by atoms with van der Waals surface area (Å²) in [5.41, 5.74) is 0.278. The molecule has 2 fully saturated rings. The molecular weight excluding hydrogens is 276 g/mol. The highest BCUT2D eigenvalue weighted by Gasteiger charge is 2.41. The second kappa shape index (κ2) is 6.02. The Kier molecular flexibility index (Phi) is 4.45. The summed E-state index contributed by atoms with van der Waals surface area (Å²) in [6.45, 7) is 9.43. The number of likely N-dealkylation sites (tertiary alicyclic amines) is 1. The third-order valence-electron chi connectivity index (χ3n) is 4.93. The quantitative estimate of drug-likeness (QED) is 0.897. The van der Waals surface area contributed by atoms with E-state index in [1.807, 2.05) is 0 Å². The van der Waals surface area contributed by atoms with Crippen molar-refractivity contribution in [1.82, 2.24) is 10.2 Å². The Balaban J connectivity index is 1.87. The summed E-state index contributed by atoms with van der Waals surface area (Å²) < 4.78 is 0. The second-order valence-corrected chi connectivity index (χ2v) is 8.94. The minimum atomic E-state index is 0.278. The molecule has 118 valence electrons. The van der Waals surface area contributed by atoms with Crippen LogP contribution in [-0.2, 0) is 5.41 Å². The summed E-state index contributed by atoms with van der Waals surface area (Å²) in [6, 6.07) is 6.31. The van der Waals surface area contributed by atoms with Crippen LogP contribution in [0.5, 0.6) is 0 Å². The standard InChI is InChI=1S/C18H30N2S/c1-18(2,3)16-10-9-15(21-16)17-13(12-19-4)6-5-11-20(17)14-7-8-14/h9-10,13-14,17,19H,5-8,11-12H2,1-4H3. The lowest BCUT2D eigenvalue weighted by Gasteiger charge is -2.41. The highest BCUT2D eigenvalue weighted by molar-refractivity contribution is 7.12. The van der Waals surface area contributed by atoms with Gasteiger partial charge in [0.05, 0.1) is 0 Å². The van der Waals surface area contributed by atoms with Crippen LogP contribution in [0.1, 0.15) is 62.3 Å². The summed E-state index contributed by atoms with van der Waals surface area (Å²) in [5.74, 6) is 0.774. The maximum absolute atomic E-state index is 3.43. The van der Waals surface area contributed by atoms with Gasteiger partial charge in [0.15, 0.2) is 0 Å². The zero-order valence-electron chi connectivity index (χ0n) is 14.0. The minimum absolute atomic E-state index is 0.278. The summed E-state index contributed by atoms with van der Waals surface area (Å²) in [7, 11) is 2.10. The van der Waals surface area contributed by atoms with Gasteiger partial charge in [0.25, 0.3) is 0 Å². The molecule has 3 rings (SSSR count). The Morgan fingerprint density at radius 2 is 2.00 bits per heavy atom. The Hall–Kier alpha value is -0.380. The average Bonchev–Trinajstić information content (AvgIpc) is 3.15. The molecule has 0 bridgehead atoms. The van der Waals surface area contributed by atoms with Gasteiger partial charge in [-0.15, -0.1) is 11.3 Å². The molecule has 1 N–H and O–H groups in total. The molecule has 2 unspecified atom stereocenters. The molecule has 1 aromatic rings. The molecule has 0 aromatic carbocycles. The molecule has 1 aromatic heterocycles. The van der Waals surface area contributed by atoms with E-state index >= 15 is 0 Å². The summed E-state index contributed by atoms with van der Waals surface area (Å²) in [4.78, 5) is 5.96. The first-order chi connectivity index (χ1) is 10.0. The lowest BCUT2D eigenvalue weighted by molar-refractivity contribution is 0.0869. The fraction of sp³-hybridized carbons (Fsp3) is 0.778. The van der Waals surface area contributed by atoms with Crippen LogP contribution in [0.4, 0.5) is 0 Å². The molecule has 2 heterocycles. The first-order valence-corrected chi connectivity index (χ1v) is 9.33. The van der Waals surface area contributed by atoms with Crippen LogP contribution >= 0.6 is 11.3 Å². The molecule has 2 atom stereocenters. The van der Waals surface area contributed by atoms with E-state index in [0.29, 0.717) is 6.04 Å². The Bertz CT molecular complexity index is 468. The lowest BCUT2D eigenvalue weighted by Crippen LogP contribution is -2.42. The van der Waals surface area contributed by atoms with Crippen molar-refractivity contribution in [2.24, 2.45) is 5.92 Å². The molecule has 1 aliphatic heterocycles. The van der Waals surface area contributed by atoms with Gasteiger partial charge in [-0.05, 0) is 69.3 Å². The van der Waals surface area contributed by atoms with Gasteiger partial charge >= 0.3 is 0 Å². The van der Waals surface area contributed by atoms with Crippen molar-refractivity contribution in [1.29, 1.82) is 0 Å². The van der Waals surface area contributed by atoms with E-state index in [2.05, 4.69) is 61.5 Å². The maximum Gasteiger partial charge on any atom is 0.0484 e. The van der Waals surface area contributed by atoms with Crippen molar-refractivity contribution in [2.75, 3.05) is 20.1 Å². The molecule has 2 aliphatic rings. The monoisotopic (exact) mass is 306 g/mol. The van der Waals surface area contributed by atoms with Gasteiger partial charge in [-0.3, -0.25) is 4.90 Å². The molecular formula is C18H30N2S. The first kappa shape index (κ1) is 15.5. The van der Waals surface area contributed by atoms with Crippen molar-refractivity contribution in [3.05, 3.63) is 21.9 Å². The van der Waals surface area contributed by atoms with Gasteiger partial charge in [0, 0.05) is 21.8 Å². The maximum atomic E-state index is 3.43. The summed E-state index contributed by atoms with van der Waals surface area (Å²) in [6.07, 6.45) is 5.58. The van der Waals surface area contributed by atoms with Gasteiger partial charge in [0.1, 0.15) is 0 Å². The summed E-state index contributed by atoms with van der Waals surface area (Å²) in [5, 5.41) is 3.43. The number of thiophene rings is 1. The lowest BCUT2D eigenvalue weighted by atomic mass is 9.87. The van der Waals surface area contributed by atoms with E-state index in [1.54, 1.807) is 4.88 Å². The van der Waals surface area contributed by atoms with Crippen LogP contribution < -0.4 is 5.32 Å². The largest absolute Gasteiger partial charge is 0.319 e. The molecule has 21 heavy (non-hydrogen) atoms. The third-order valence-corrected chi connectivity index (χ3v) is 6.52. The first-order valence-electron chi connectivity index (χ1n) is 8.51. The molecule has 3 heteroatoms. The van der Waals surface area contributed by atoms with Crippen molar-refractivity contribution in [3.63, 3.8) is 0 Å². The van der Waals surface area contributed by atoms with Crippen molar-refractivity contribution < 1.29 is 0 Å². The number of hydrogen-bond acceptors (Lipinski definition) is 3. The molecule has 0 amide bonds. The van der Waals surface area contributed by atoms with Gasteiger partial charge in [-0.2, -0.15) is 0 Å². The van der Waals surface area contributed by atoms with E-state index < -0.39 is 0 Å². The third kappa shape index (κ3) is 3.35. The molecule has 0 radical (unpaired) electrons.